The third-order valence-electron chi connectivity index (χ3n) is 3.22. The summed E-state index contributed by atoms with van der Waals surface area (Å²) in [4.78, 5) is 23.9. The van der Waals surface area contributed by atoms with Gasteiger partial charge in [0.05, 0.1) is 11.8 Å². The average Bonchev–Trinajstić information content (AvgIpc) is 2.53. The number of carbonyl (C=O) groups excluding carboxylic acids is 2. The lowest BCUT2D eigenvalue weighted by Gasteiger charge is -2.09. The van der Waals surface area contributed by atoms with E-state index in [4.69, 9.17) is 20.5 Å². The molecule has 0 saturated heterocycles. The van der Waals surface area contributed by atoms with E-state index in [1.54, 1.807) is 26.0 Å². The highest BCUT2D eigenvalue weighted by atomic mass is 35.5. The van der Waals surface area contributed by atoms with Gasteiger partial charge in [-0.3, -0.25) is 4.79 Å². The Labute approximate surface area is 162 Å². The fraction of sp³-hybridized carbons (Fsp3) is 0.222. The maximum Gasteiger partial charge on any atom is 0.343 e. The number of rotatable bonds is 6. The molecule has 0 aliphatic rings. The second kappa shape index (κ2) is 8.41. The third kappa shape index (κ3) is 6.58. The second-order valence-electron chi connectivity index (χ2n) is 6.02. The van der Waals surface area contributed by atoms with E-state index < -0.39 is 16.1 Å². The molecule has 27 heavy (non-hydrogen) atoms. The molecule has 0 radical (unpaired) electrons. The average molecular weight is 412 g/mol. The topological polar surface area (TPSA) is 98.8 Å². The minimum Gasteiger partial charge on any atom is -0.423 e. The van der Waals surface area contributed by atoms with Gasteiger partial charge >= 0.3 is 16.1 Å². The molecule has 0 spiro atoms. The van der Waals surface area contributed by atoms with Crippen LogP contribution < -0.4 is 14.2 Å². The second-order valence-corrected chi connectivity index (χ2v) is 8.03. The number of halogens is 1. The highest BCUT2D eigenvalue weighted by Crippen LogP contribution is 2.27. The van der Waals surface area contributed by atoms with E-state index in [2.05, 4.69) is 5.32 Å². The van der Waals surface area contributed by atoms with Crippen LogP contribution in [0.1, 0.15) is 24.2 Å². The Kier molecular flexibility index (Phi) is 6.45. The van der Waals surface area contributed by atoms with E-state index in [0.717, 1.165) is 6.26 Å². The van der Waals surface area contributed by atoms with Crippen molar-refractivity contribution >= 4 is 39.3 Å². The van der Waals surface area contributed by atoms with Crippen LogP contribution in [0.15, 0.2) is 42.5 Å². The third-order valence-corrected chi connectivity index (χ3v) is 3.93. The van der Waals surface area contributed by atoms with Gasteiger partial charge < -0.3 is 14.2 Å². The lowest BCUT2D eigenvalue weighted by Crippen LogP contribution is -2.17. The molecule has 2 rings (SSSR count). The van der Waals surface area contributed by atoms with Crippen molar-refractivity contribution < 1.29 is 26.9 Å². The quantitative estimate of drug-likeness (QED) is 0.443. The van der Waals surface area contributed by atoms with E-state index in [0.29, 0.717) is 5.69 Å². The molecule has 0 aromatic heterocycles. The van der Waals surface area contributed by atoms with Gasteiger partial charge in [-0.1, -0.05) is 25.4 Å². The molecular weight excluding hydrogens is 394 g/mol. The Bertz CT molecular complexity index is 954. The summed E-state index contributed by atoms with van der Waals surface area (Å²) in [5, 5.41) is 2.86. The van der Waals surface area contributed by atoms with Gasteiger partial charge in [-0.25, -0.2) is 4.79 Å². The monoisotopic (exact) mass is 411 g/mol. The first-order chi connectivity index (χ1) is 12.5. The van der Waals surface area contributed by atoms with Gasteiger partial charge in [0.15, 0.2) is 0 Å². The first-order valence-electron chi connectivity index (χ1n) is 7.86. The molecule has 0 bridgehead atoms. The van der Waals surface area contributed by atoms with E-state index in [1.165, 1.54) is 30.3 Å². The van der Waals surface area contributed by atoms with E-state index >= 15 is 0 Å². The van der Waals surface area contributed by atoms with Gasteiger partial charge in [0, 0.05) is 28.8 Å². The Morgan fingerprint density at radius 2 is 1.63 bits per heavy atom. The summed E-state index contributed by atoms with van der Waals surface area (Å²) in [6.07, 6.45) is 0.888. The van der Waals surface area contributed by atoms with Crippen molar-refractivity contribution in [3.8, 4) is 11.5 Å². The molecule has 2 aromatic rings. The van der Waals surface area contributed by atoms with Crippen LogP contribution in [0.3, 0.4) is 0 Å². The Hall–Kier alpha value is -2.58. The summed E-state index contributed by atoms with van der Waals surface area (Å²) in [5.41, 5.74) is 0.792. The van der Waals surface area contributed by atoms with E-state index in [9.17, 15) is 18.0 Å². The number of ether oxygens (including phenoxy) is 1. The van der Waals surface area contributed by atoms with Crippen LogP contribution in [0.2, 0.25) is 5.02 Å². The van der Waals surface area contributed by atoms with Crippen molar-refractivity contribution in [3.63, 3.8) is 0 Å². The van der Waals surface area contributed by atoms with E-state index in [1.807, 2.05) is 0 Å². The fourth-order valence-corrected chi connectivity index (χ4v) is 2.62. The summed E-state index contributed by atoms with van der Waals surface area (Å²) in [6, 6.07) is 10.0. The van der Waals surface area contributed by atoms with Gasteiger partial charge in [0.25, 0.3) is 0 Å². The summed E-state index contributed by atoms with van der Waals surface area (Å²) < 4.78 is 32.4. The zero-order valence-electron chi connectivity index (χ0n) is 14.9. The van der Waals surface area contributed by atoms with Gasteiger partial charge in [-0.15, -0.1) is 0 Å². The molecule has 0 atom stereocenters. The van der Waals surface area contributed by atoms with Crippen molar-refractivity contribution in [1.29, 1.82) is 0 Å². The SMILES string of the molecule is CC(C)C(=O)Nc1ccc(C(=O)Oc2cc(Cl)cc(OS(C)(=O)=O)c2)cc1. The lowest BCUT2D eigenvalue weighted by molar-refractivity contribution is -0.118. The standard InChI is InChI=1S/C18H18ClNO6S/c1-11(2)17(21)20-14-6-4-12(5-7-14)18(22)25-15-8-13(19)9-16(10-15)26-27(3,23)24/h4-11H,1-3H3,(H,20,21). The molecule has 7 nitrogen and oxygen atoms in total. The predicted molar refractivity (Wildman–Crippen MR) is 102 cm³/mol. The predicted octanol–water partition coefficient (Wildman–Crippen LogP) is 3.49. The van der Waals surface area contributed by atoms with Crippen LogP contribution >= 0.6 is 11.6 Å². The molecule has 144 valence electrons. The van der Waals surface area contributed by atoms with Crippen molar-refractivity contribution in [1.82, 2.24) is 0 Å². The van der Waals surface area contributed by atoms with Crippen molar-refractivity contribution in [3.05, 3.63) is 53.1 Å². The maximum atomic E-state index is 12.3. The molecule has 0 fully saturated rings. The van der Waals surface area contributed by atoms with Crippen molar-refractivity contribution in [2.75, 3.05) is 11.6 Å². The van der Waals surface area contributed by atoms with Crippen LogP contribution in [0.25, 0.3) is 0 Å². The minimum absolute atomic E-state index is 0.0309. The van der Waals surface area contributed by atoms with Gasteiger partial charge in [-0.2, -0.15) is 8.42 Å². The number of nitrogens with one attached hydrogen (secondary N) is 1. The van der Waals surface area contributed by atoms with Crippen LogP contribution in [0, 0.1) is 5.92 Å². The molecule has 0 saturated carbocycles. The first-order valence-corrected chi connectivity index (χ1v) is 10.1. The zero-order valence-corrected chi connectivity index (χ0v) is 16.4. The number of hydrogen-bond donors (Lipinski definition) is 1. The number of hydrogen-bond acceptors (Lipinski definition) is 6. The Morgan fingerprint density at radius 3 is 2.19 bits per heavy atom. The van der Waals surface area contributed by atoms with Gasteiger partial charge in [-0.05, 0) is 30.3 Å². The maximum absolute atomic E-state index is 12.3. The van der Waals surface area contributed by atoms with Gasteiger partial charge in [0.2, 0.25) is 5.91 Å². The number of benzene rings is 2. The number of esters is 1. The highest BCUT2D eigenvalue weighted by molar-refractivity contribution is 7.86. The summed E-state index contributed by atoms with van der Waals surface area (Å²) in [7, 11) is -3.75. The van der Waals surface area contributed by atoms with Crippen molar-refractivity contribution in [2.45, 2.75) is 13.8 Å². The summed E-state index contributed by atoms with van der Waals surface area (Å²) in [5.74, 6) is -1.02. The summed E-state index contributed by atoms with van der Waals surface area (Å²) >= 11 is 5.90. The largest absolute Gasteiger partial charge is 0.423 e. The molecule has 9 heteroatoms. The van der Waals surface area contributed by atoms with Crippen LogP contribution in [-0.4, -0.2) is 26.6 Å². The van der Waals surface area contributed by atoms with Crippen LogP contribution in [-0.2, 0) is 14.9 Å². The van der Waals surface area contributed by atoms with Crippen LogP contribution in [0.4, 0.5) is 5.69 Å². The molecule has 0 unspecified atom stereocenters. The van der Waals surface area contributed by atoms with Gasteiger partial charge in [0.1, 0.15) is 11.5 Å². The Morgan fingerprint density at radius 1 is 1.04 bits per heavy atom. The molecular formula is C18H18ClNO6S. The number of amides is 1. The van der Waals surface area contributed by atoms with Crippen molar-refractivity contribution in [2.24, 2.45) is 5.92 Å². The minimum atomic E-state index is -3.75. The molecule has 0 heterocycles. The fourth-order valence-electron chi connectivity index (χ4n) is 1.96. The highest BCUT2D eigenvalue weighted by Gasteiger charge is 2.13. The molecule has 1 amide bonds. The van der Waals surface area contributed by atoms with Crippen LogP contribution in [0.5, 0.6) is 11.5 Å². The normalized spacial score (nSPS) is 11.1. The van der Waals surface area contributed by atoms with E-state index in [-0.39, 0.29) is 33.9 Å². The molecule has 0 aliphatic heterocycles. The lowest BCUT2D eigenvalue weighted by atomic mass is 10.1. The number of anilines is 1. The summed E-state index contributed by atoms with van der Waals surface area (Å²) in [6.45, 7) is 3.54. The molecule has 2 aromatic carbocycles. The number of carbonyl (C=O) groups is 2. The zero-order chi connectivity index (χ0) is 20.2. The first kappa shape index (κ1) is 20.7. The molecule has 1 N–H and O–H groups in total. The Balaban J connectivity index is 2.12. The molecule has 0 aliphatic carbocycles. The smallest absolute Gasteiger partial charge is 0.343 e.